The summed E-state index contributed by atoms with van der Waals surface area (Å²) in [4.78, 5) is 24.9. The van der Waals surface area contributed by atoms with Crippen molar-refractivity contribution in [3.8, 4) is 0 Å². The molecule has 1 saturated heterocycles. The smallest absolute Gasteiger partial charge is 0.269 e. The summed E-state index contributed by atoms with van der Waals surface area (Å²) in [6.45, 7) is 0.600. The van der Waals surface area contributed by atoms with E-state index in [9.17, 15) is 26.4 Å². The zero-order chi connectivity index (χ0) is 20.3. The highest BCUT2D eigenvalue weighted by Gasteiger charge is 2.48. The Kier molecular flexibility index (Phi) is 4.51. The fourth-order valence-corrected chi connectivity index (χ4v) is 6.44. The Morgan fingerprint density at radius 1 is 1.21 bits per heavy atom. The average Bonchev–Trinajstić information content (AvgIpc) is 3.42. The molecule has 3 aliphatic rings. The van der Waals surface area contributed by atoms with Gasteiger partial charge in [0, 0.05) is 30.7 Å². The molecule has 0 spiro atoms. The summed E-state index contributed by atoms with van der Waals surface area (Å²) in [5, 5.41) is 2.77. The highest BCUT2D eigenvalue weighted by molar-refractivity contribution is 7.90. The third kappa shape index (κ3) is 3.31. The summed E-state index contributed by atoms with van der Waals surface area (Å²) >= 11 is 0. The highest BCUT2D eigenvalue weighted by atomic mass is 32.2. The van der Waals surface area contributed by atoms with Crippen LogP contribution in [0.2, 0.25) is 0 Å². The van der Waals surface area contributed by atoms with Gasteiger partial charge in [-0.25, -0.2) is 25.4 Å². The van der Waals surface area contributed by atoms with Gasteiger partial charge >= 0.3 is 0 Å². The van der Waals surface area contributed by atoms with Gasteiger partial charge in [0.25, 0.3) is 21.8 Å². The molecule has 0 radical (unpaired) electrons. The van der Waals surface area contributed by atoms with Crippen molar-refractivity contribution >= 4 is 31.9 Å². The Bertz CT molecular complexity index is 1060. The second-order valence-electron chi connectivity index (χ2n) is 7.48. The van der Waals surface area contributed by atoms with Crippen LogP contribution in [0.4, 0.5) is 0 Å². The molecule has 1 aliphatic carbocycles. The second kappa shape index (κ2) is 6.53. The zero-order valence-corrected chi connectivity index (χ0v) is 16.9. The van der Waals surface area contributed by atoms with E-state index in [0.29, 0.717) is 32.2 Å². The van der Waals surface area contributed by atoms with Crippen LogP contribution in [0, 0.1) is 0 Å². The molecule has 2 aliphatic heterocycles. The van der Waals surface area contributed by atoms with Crippen LogP contribution in [0.25, 0.3) is 0 Å². The van der Waals surface area contributed by atoms with Crippen molar-refractivity contribution in [3.05, 3.63) is 29.3 Å². The fraction of sp³-hybridized carbons (Fsp3) is 0.529. The molecule has 1 unspecified atom stereocenters. The van der Waals surface area contributed by atoms with Crippen LogP contribution in [-0.4, -0.2) is 68.7 Å². The molecule has 0 aromatic heterocycles. The zero-order valence-electron chi connectivity index (χ0n) is 15.3. The Morgan fingerprint density at radius 3 is 2.57 bits per heavy atom. The largest absolute Gasteiger partial charge is 0.348 e. The number of amides is 2. The summed E-state index contributed by atoms with van der Waals surface area (Å²) < 4.78 is 51.1. The van der Waals surface area contributed by atoms with Crippen LogP contribution < -0.4 is 5.32 Å². The van der Waals surface area contributed by atoms with Gasteiger partial charge in [0.1, 0.15) is 4.90 Å². The molecule has 1 saturated carbocycles. The monoisotopic (exact) mass is 427 g/mol. The summed E-state index contributed by atoms with van der Waals surface area (Å²) in [7, 11) is -7.27. The predicted molar refractivity (Wildman–Crippen MR) is 99.7 cm³/mol. The van der Waals surface area contributed by atoms with Crippen molar-refractivity contribution in [2.45, 2.75) is 42.7 Å². The molecule has 2 fully saturated rings. The van der Waals surface area contributed by atoms with Crippen LogP contribution in [-0.2, 0) is 20.0 Å². The molecule has 1 aromatic carbocycles. The van der Waals surface area contributed by atoms with Crippen molar-refractivity contribution in [1.82, 2.24) is 13.9 Å². The van der Waals surface area contributed by atoms with Crippen molar-refractivity contribution in [3.63, 3.8) is 0 Å². The van der Waals surface area contributed by atoms with Crippen molar-refractivity contribution in [1.29, 1.82) is 0 Å². The van der Waals surface area contributed by atoms with Gasteiger partial charge in [-0.05, 0) is 43.9 Å². The molecule has 2 amide bonds. The molecule has 9 nitrogen and oxygen atoms in total. The first kappa shape index (κ1) is 19.3. The van der Waals surface area contributed by atoms with Crippen molar-refractivity contribution in [2.75, 3.05) is 19.3 Å². The Morgan fingerprint density at radius 2 is 1.93 bits per heavy atom. The minimum absolute atomic E-state index is 0.0874. The average molecular weight is 428 g/mol. The van der Waals surface area contributed by atoms with Gasteiger partial charge in [0.15, 0.2) is 0 Å². The lowest BCUT2D eigenvalue weighted by molar-refractivity contribution is 0.0862. The quantitative estimate of drug-likeness (QED) is 0.730. The Labute approximate surface area is 163 Å². The SMILES string of the molecule is CS(=O)(=O)N1CCCC(NC(=O)c2ccc3c(c2)S(=O)(=O)N(C2CC2)C3=O)C1. The lowest BCUT2D eigenvalue weighted by Gasteiger charge is -2.31. The van der Waals surface area contributed by atoms with E-state index < -0.39 is 31.9 Å². The summed E-state index contributed by atoms with van der Waals surface area (Å²) in [6, 6.07) is 3.39. The third-order valence-corrected chi connectivity index (χ3v) is 8.42. The molecular formula is C17H21N3O6S2. The van der Waals surface area contributed by atoms with Gasteiger partial charge in [0.2, 0.25) is 10.0 Å². The maximum atomic E-state index is 12.7. The first-order valence-corrected chi connectivity index (χ1v) is 12.4. The topological polar surface area (TPSA) is 121 Å². The van der Waals surface area contributed by atoms with E-state index in [2.05, 4.69) is 5.32 Å². The number of hydrogen-bond donors (Lipinski definition) is 1. The number of benzene rings is 1. The minimum Gasteiger partial charge on any atom is -0.348 e. The van der Waals surface area contributed by atoms with E-state index >= 15 is 0 Å². The van der Waals surface area contributed by atoms with E-state index in [-0.39, 0.29) is 34.7 Å². The van der Waals surface area contributed by atoms with Gasteiger partial charge < -0.3 is 5.32 Å². The Balaban J connectivity index is 1.54. The number of hydrogen-bond acceptors (Lipinski definition) is 6. The van der Waals surface area contributed by atoms with Gasteiger partial charge in [-0.15, -0.1) is 0 Å². The van der Waals surface area contributed by atoms with Crippen LogP contribution >= 0.6 is 0 Å². The number of carbonyl (C=O) groups is 2. The normalized spacial score (nSPS) is 24.8. The number of fused-ring (bicyclic) bond motifs is 1. The first-order chi connectivity index (χ1) is 13.1. The molecular weight excluding hydrogens is 406 g/mol. The molecule has 11 heteroatoms. The van der Waals surface area contributed by atoms with Crippen LogP contribution in [0.3, 0.4) is 0 Å². The standard InChI is InChI=1S/C17H21N3O6S2/c1-27(23,24)19-8-2-3-12(10-19)18-16(21)11-4-7-14-15(9-11)28(25,26)20(17(14)22)13-5-6-13/h4,7,9,12-13H,2-3,5-6,8,10H2,1H3,(H,18,21). The third-order valence-electron chi connectivity index (χ3n) is 5.28. The number of sulfonamides is 2. The highest BCUT2D eigenvalue weighted by Crippen LogP contribution is 2.39. The molecule has 4 rings (SSSR count). The number of nitrogens with one attached hydrogen (secondary N) is 1. The maximum absolute atomic E-state index is 12.7. The molecule has 0 bridgehead atoms. The molecule has 2 heterocycles. The van der Waals surface area contributed by atoms with Crippen LogP contribution in [0.15, 0.2) is 23.1 Å². The van der Waals surface area contributed by atoms with Crippen LogP contribution in [0.1, 0.15) is 46.4 Å². The van der Waals surface area contributed by atoms with Crippen molar-refractivity contribution in [2.24, 2.45) is 0 Å². The summed E-state index contributed by atoms with van der Waals surface area (Å²) in [5.74, 6) is -1.03. The predicted octanol–water partition coefficient (Wildman–Crippen LogP) is 0.147. The van der Waals surface area contributed by atoms with Crippen LogP contribution in [0.5, 0.6) is 0 Å². The Hall–Kier alpha value is -1.98. The molecule has 1 N–H and O–H groups in total. The van der Waals surface area contributed by atoms with Gasteiger partial charge in [-0.2, -0.15) is 0 Å². The first-order valence-electron chi connectivity index (χ1n) is 9.08. The minimum atomic E-state index is -3.93. The maximum Gasteiger partial charge on any atom is 0.269 e. The number of nitrogens with zero attached hydrogens (tertiary/aromatic N) is 2. The van der Waals surface area contributed by atoms with E-state index in [1.807, 2.05) is 0 Å². The fourth-order valence-electron chi connectivity index (χ4n) is 3.69. The van der Waals surface area contributed by atoms with E-state index in [1.165, 1.54) is 22.5 Å². The van der Waals surface area contributed by atoms with Gasteiger partial charge in [-0.3, -0.25) is 9.59 Å². The lowest BCUT2D eigenvalue weighted by Crippen LogP contribution is -2.49. The van der Waals surface area contributed by atoms with Gasteiger partial charge in [0.05, 0.1) is 11.8 Å². The van der Waals surface area contributed by atoms with Gasteiger partial charge in [-0.1, -0.05) is 0 Å². The molecule has 28 heavy (non-hydrogen) atoms. The van der Waals surface area contributed by atoms with E-state index in [0.717, 1.165) is 10.6 Å². The van der Waals surface area contributed by atoms with E-state index in [4.69, 9.17) is 0 Å². The van der Waals surface area contributed by atoms with Crippen molar-refractivity contribution < 1.29 is 26.4 Å². The number of carbonyl (C=O) groups excluding carboxylic acids is 2. The van der Waals surface area contributed by atoms with E-state index in [1.54, 1.807) is 0 Å². The lowest BCUT2D eigenvalue weighted by atomic mass is 10.1. The summed E-state index contributed by atoms with van der Waals surface area (Å²) in [6.07, 6.45) is 3.71. The second-order valence-corrected chi connectivity index (χ2v) is 11.2. The number of piperidine rings is 1. The molecule has 1 aromatic rings. The molecule has 152 valence electrons. The summed E-state index contributed by atoms with van der Waals surface area (Å²) in [5.41, 5.74) is 0.216. The number of rotatable bonds is 4. The molecule has 1 atom stereocenters.